The number of halogens is 1. The van der Waals surface area contributed by atoms with Crippen molar-refractivity contribution < 1.29 is 4.74 Å². The van der Waals surface area contributed by atoms with Gasteiger partial charge in [-0.15, -0.1) is 11.3 Å². The smallest absolute Gasteiger partial charge is 0.139 e. The standard InChI is InChI=1S/C11H7BrN2OS/c1-15-8-4-2-7(3-5-8)11-14-10(12)9(6-13)16-11/h2-5H,1H3. The van der Waals surface area contributed by atoms with Crippen molar-refractivity contribution in [3.05, 3.63) is 33.7 Å². The molecule has 0 unspecified atom stereocenters. The van der Waals surface area contributed by atoms with E-state index in [1.807, 2.05) is 24.3 Å². The fourth-order valence-electron chi connectivity index (χ4n) is 1.23. The highest BCUT2D eigenvalue weighted by Gasteiger charge is 2.09. The van der Waals surface area contributed by atoms with Gasteiger partial charge in [0.2, 0.25) is 0 Å². The first kappa shape index (κ1) is 11.1. The zero-order chi connectivity index (χ0) is 11.5. The van der Waals surface area contributed by atoms with Crippen LogP contribution in [0.5, 0.6) is 5.75 Å². The van der Waals surface area contributed by atoms with Crippen molar-refractivity contribution in [1.29, 1.82) is 5.26 Å². The van der Waals surface area contributed by atoms with Crippen LogP contribution in [0.15, 0.2) is 28.9 Å². The third kappa shape index (κ3) is 2.08. The lowest BCUT2D eigenvalue weighted by Crippen LogP contribution is -1.82. The average molecular weight is 295 g/mol. The van der Waals surface area contributed by atoms with Gasteiger partial charge in [0.05, 0.1) is 7.11 Å². The van der Waals surface area contributed by atoms with E-state index in [1.165, 1.54) is 11.3 Å². The summed E-state index contributed by atoms with van der Waals surface area (Å²) in [6, 6.07) is 9.68. The molecule has 0 aliphatic rings. The summed E-state index contributed by atoms with van der Waals surface area (Å²) in [4.78, 5) is 4.87. The Morgan fingerprint density at radius 3 is 2.56 bits per heavy atom. The molecule has 0 atom stereocenters. The second-order valence-corrected chi connectivity index (χ2v) is 4.73. The van der Waals surface area contributed by atoms with E-state index in [4.69, 9.17) is 10.00 Å². The number of ether oxygens (including phenoxy) is 1. The van der Waals surface area contributed by atoms with Crippen LogP contribution in [0.1, 0.15) is 4.88 Å². The molecule has 1 aromatic heterocycles. The van der Waals surface area contributed by atoms with E-state index in [0.29, 0.717) is 9.48 Å². The highest BCUT2D eigenvalue weighted by Crippen LogP contribution is 2.31. The lowest BCUT2D eigenvalue weighted by Gasteiger charge is -1.99. The maximum absolute atomic E-state index is 8.83. The Bertz CT molecular complexity index is 542. The summed E-state index contributed by atoms with van der Waals surface area (Å²) < 4.78 is 5.68. The van der Waals surface area contributed by atoms with E-state index in [0.717, 1.165) is 16.3 Å². The van der Waals surface area contributed by atoms with Crippen LogP contribution in [0.25, 0.3) is 10.6 Å². The Hall–Kier alpha value is -1.38. The van der Waals surface area contributed by atoms with Gasteiger partial charge in [0, 0.05) is 5.56 Å². The van der Waals surface area contributed by atoms with Gasteiger partial charge in [0.15, 0.2) is 0 Å². The topological polar surface area (TPSA) is 45.9 Å². The molecule has 0 radical (unpaired) electrons. The Labute approximate surface area is 105 Å². The highest BCUT2D eigenvalue weighted by atomic mass is 79.9. The zero-order valence-corrected chi connectivity index (χ0v) is 10.8. The highest BCUT2D eigenvalue weighted by molar-refractivity contribution is 9.10. The predicted molar refractivity (Wildman–Crippen MR) is 66.5 cm³/mol. The number of hydrogen-bond donors (Lipinski definition) is 0. The molecule has 1 aromatic carbocycles. The van der Waals surface area contributed by atoms with Crippen LogP contribution >= 0.6 is 27.3 Å². The predicted octanol–water partition coefficient (Wildman–Crippen LogP) is 3.45. The number of hydrogen-bond acceptors (Lipinski definition) is 4. The fourth-order valence-corrected chi connectivity index (χ4v) is 2.61. The third-order valence-electron chi connectivity index (χ3n) is 2.02. The van der Waals surface area contributed by atoms with Gasteiger partial charge in [0.25, 0.3) is 0 Å². The summed E-state index contributed by atoms with van der Waals surface area (Å²) in [5.41, 5.74) is 0.980. The van der Waals surface area contributed by atoms with Crippen molar-refractivity contribution >= 4 is 27.3 Å². The molecule has 80 valence electrons. The average Bonchev–Trinajstić information content (AvgIpc) is 2.71. The third-order valence-corrected chi connectivity index (χ3v) is 3.87. The second kappa shape index (κ2) is 4.64. The van der Waals surface area contributed by atoms with Crippen LogP contribution < -0.4 is 4.74 Å². The van der Waals surface area contributed by atoms with Gasteiger partial charge < -0.3 is 4.74 Å². The summed E-state index contributed by atoms with van der Waals surface area (Å²) in [6.45, 7) is 0. The minimum absolute atomic E-state index is 0.589. The fraction of sp³-hybridized carbons (Fsp3) is 0.0909. The molecule has 16 heavy (non-hydrogen) atoms. The van der Waals surface area contributed by atoms with E-state index in [1.54, 1.807) is 7.11 Å². The van der Waals surface area contributed by atoms with Crippen LogP contribution in [-0.4, -0.2) is 12.1 Å². The van der Waals surface area contributed by atoms with E-state index >= 15 is 0 Å². The van der Waals surface area contributed by atoms with Crippen molar-refractivity contribution in [2.24, 2.45) is 0 Å². The number of nitriles is 1. The quantitative estimate of drug-likeness (QED) is 0.852. The molecule has 2 aromatic rings. The van der Waals surface area contributed by atoms with E-state index in [2.05, 4.69) is 27.0 Å². The van der Waals surface area contributed by atoms with Crippen LogP contribution in [0.3, 0.4) is 0 Å². The molecule has 0 saturated heterocycles. The van der Waals surface area contributed by atoms with Crippen molar-refractivity contribution in [3.63, 3.8) is 0 Å². The summed E-state index contributed by atoms with van der Waals surface area (Å²) in [5, 5.41) is 9.66. The van der Waals surface area contributed by atoms with Gasteiger partial charge in [-0.25, -0.2) is 4.98 Å². The first-order valence-corrected chi connectivity index (χ1v) is 6.06. The minimum atomic E-state index is 0.589. The Morgan fingerprint density at radius 2 is 2.06 bits per heavy atom. The first-order valence-electron chi connectivity index (χ1n) is 4.45. The largest absolute Gasteiger partial charge is 0.497 e. The zero-order valence-electron chi connectivity index (χ0n) is 8.40. The first-order chi connectivity index (χ1) is 7.74. The molecule has 0 saturated carbocycles. The maximum Gasteiger partial charge on any atom is 0.139 e. The van der Waals surface area contributed by atoms with Crippen LogP contribution in [0.4, 0.5) is 0 Å². The molecule has 2 rings (SSSR count). The lowest BCUT2D eigenvalue weighted by molar-refractivity contribution is 0.415. The number of thiazole rings is 1. The molecule has 5 heteroatoms. The number of methoxy groups -OCH3 is 1. The lowest BCUT2D eigenvalue weighted by atomic mass is 10.2. The Kier molecular flexibility index (Phi) is 3.22. The molecule has 0 aliphatic carbocycles. The maximum atomic E-state index is 8.83. The van der Waals surface area contributed by atoms with Gasteiger partial charge in [0.1, 0.15) is 26.3 Å². The summed E-state index contributed by atoms with van der Waals surface area (Å²) in [7, 11) is 1.63. The Balaban J connectivity index is 2.39. The summed E-state index contributed by atoms with van der Waals surface area (Å²) >= 11 is 4.62. The van der Waals surface area contributed by atoms with E-state index < -0.39 is 0 Å². The van der Waals surface area contributed by atoms with Crippen LogP contribution in [0, 0.1) is 11.3 Å². The van der Waals surface area contributed by atoms with Gasteiger partial charge in [-0.3, -0.25) is 0 Å². The number of aromatic nitrogens is 1. The van der Waals surface area contributed by atoms with E-state index in [-0.39, 0.29) is 0 Å². The molecule has 0 bridgehead atoms. The van der Waals surface area contributed by atoms with Gasteiger partial charge >= 0.3 is 0 Å². The molecular formula is C11H7BrN2OS. The minimum Gasteiger partial charge on any atom is -0.497 e. The molecule has 1 heterocycles. The molecule has 3 nitrogen and oxygen atoms in total. The second-order valence-electron chi connectivity index (χ2n) is 2.98. The monoisotopic (exact) mass is 294 g/mol. The van der Waals surface area contributed by atoms with Crippen molar-refractivity contribution in [1.82, 2.24) is 4.98 Å². The number of nitrogens with zero attached hydrogens (tertiary/aromatic N) is 2. The normalized spacial score (nSPS) is 9.81. The molecule has 0 aliphatic heterocycles. The summed E-state index contributed by atoms with van der Waals surface area (Å²) in [6.07, 6.45) is 0. The Morgan fingerprint density at radius 1 is 1.38 bits per heavy atom. The molecule has 0 fully saturated rings. The van der Waals surface area contributed by atoms with Crippen molar-refractivity contribution in [3.8, 4) is 22.4 Å². The van der Waals surface area contributed by atoms with E-state index in [9.17, 15) is 0 Å². The van der Waals surface area contributed by atoms with Crippen molar-refractivity contribution in [2.75, 3.05) is 7.11 Å². The summed E-state index contributed by atoms with van der Waals surface area (Å²) in [5.74, 6) is 0.805. The molecule has 0 amide bonds. The van der Waals surface area contributed by atoms with Gasteiger partial charge in [-0.05, 0) is 40.2 Å². The molecule has 0 spiro atoms. The van der Waals surface area contributed by atoms with Crippen molar-refractivity contribution in [2.45, 2.75) is 0 Å². The van der Waals surface area contributed by atoms with Crippen LogP contribution in [0.2, 0.25) is 0 Å². The molecular weight excluding hydrogens is 288 g/mol. The van der Waals surface area contributed by atoms with Gasteiger partial charge in [-0.2, -0.15) is 5.26 Å². The SMILES string of the molecule is COc1ccc(-c2nc(Br)c(C#N)s2)cc1. The van der Waals surface area contributed by atoms with Gasteiger partial charge in [-0.1, -0.05) is 0 Å². The number of rotatable bonds is 2. The molecule has 0 N–H and O–H groups in total. The number of benzene rings is 1. The van der Waals surface area contributed by atoms with Crippen LogP contribution in [-0.2, 0) is 0 Å².